The largest absolute Gasteiger partial charge is 0.411 e. The molecule has 0 saturated carbocycles. The van der Waals surface area contributed by atoms with E-state index in [1.165, 1.54) is 6.21 Å². The number of nitrogens with one attached hydrogen (secondary N) is 1. The second-order valence-electron chi connectivity index (χ2n) is 4.95. The average molecular weight is 317 g/mol. The molecule has 0 spiro atoms. The van der Waals surface area contributed by atoms with Gasteiger partial charge < -0.3 is 21.4 Å². The number of oxime groups is 1. The van der Waals surface area contributed by atoms with E-state index < -0.39 is 11.5 Å². The Labute approximate surface area is 132 Å². The third-order valence-corrected chi connectivity index (χ3v) is 3.31. The summed E-state index contributed by atoms with van der Waals surface area (Å²) in [5.41, 5.74) is 12.0. The van der Waals surface area contributed by atoms with Crippen molar-refractivity contribution in [3.8, 4) is 0 Å². The molecule has 0 aliphatic rings. The van der Waals surface area contributed by atoms with E-state index >= 15 is 0 Å². The lowest BCUT2D eigenvalue weighted by atomic mass is 9.99. The first kappa shape index (κ1) is 16.5. The first-order chi connectivity index (χ1) is 11.1. The maximum atomic E-state index is 12.0. The predicted molar refractivity (Wildman–Crippen MR) is 87.4 cm³/mol. The fourth-order valence-electron chi connectivity index (χ4n) is 2.22. The van der Waals surface area contributed by atoms with Gasteiger partial charge in [-0.25, -0.2) is 0 Å². The quantitative estimate of drug-likeness (QED) is 0.261. The van der Waals surface area contributed by atoms with E-state index in [2.05, 4.69) is 15.1 Å². The standard InChI is InChI=1S/C15H19N5O3/c16-13-12(14(21)20-15(17)19-13)11(8-18-22)6-7-23-9-10-4-2-1-3-5-10/h1-5,8,11,22H,6-7,9H2,(H5,16,17,19,20,21)/b18-8+. The molecule has 1 aromatic carbocycles. The molecular weight excluding hydrogens is 298 g/mol. The summed E-state index contributed by atoms with van der Waals surface area (Å²) in [6, 6.07) is 9.71. The lowest BCUT2D eigenvalue weighted by Crippen LogP contribution is -2.23. The van der Waals surface area contributed by atoms with Gasteiger partial charge in [-0.3, -0.25) is 9.78 Å². The van der Waals surface area contributed by atoms with Crippen LogP contribution in [0.5, 0.6) is 0 Å². The molecule has 8 heteroatoms. The van der Waals surface area contributed by atoms with Crippen molar-refractivity contribution in [1.29, 1.82) is 0 Å². The van der Waals surface area contributed by atoms with Crippen LogP contribution >= 0.6 is 0 Å². The number of hydrogen-bond donors (Lipinski definition) is 4. The van der Waals surface area contributed by atoms with Gasteiger partial charge in [0.25, 0.3) is 5.56 Å². The van der Waals surface area contributed by atoms with Gasteiger partial charge in [0.1, 0.15) is 5.82 Å². The topological polar surface area (TPSA) is 140 Å². The smallest absolute Gasteiger partial charge is 0.258 e. The van der Waals surface area contributed by atoms with Crippen molar-refractivity contribution in [2.75, 3.05) is 18.1 Å². The average Bonchev–Trinajstić information content (AvgIpc) is 2.51. The van der Waals surface area contributed by atoms with Crippen LogP contribution in [-0.4, -0.2) is 28.0 Å². The highest BCUT2D eigenvalue weighted by Crippen LogP contribution is 2.19. The molecule has 8 nitrogen and oxygen atoms in total. The van der Waals surface area contributed by atoms with E-state index in [1.807, 2.05) is 30.3 Å². The second kappa shape index (κ2) is 7.95. The minimum absolute atomic E-state index is 0.0132. The molecule has 1 unspecified atom stereocenters. The number of nitrogen functional groups attached to an aromatic ring is 2. The zero-order valence-electron chi connectivity index (χ0n) is 12.5. The van der Waals surface area contributed by atoms with Gasteiger partial charge in [-0.1, -0.05) is 30.3 Å². The number of aromatic nitrogens is 2. The van der Waals surface area contributed by atoms with Crippen molar-refractivity contribution < 1.29 is 9.94 Å². The van der Waals surface area contributed by atoms with E-state index in [4.69, 9.17) is 21.4 Å². The van der Waals surface area contributed by atoms with Crippen LogP contribution in [0.4, 0.5) is 11.8 Å². The first-order valence-corrected chi connectivity index (χ1v) is 7.06. The van der Waals surface area contributed by atoms with Crippen LogP contribution in [0.3, 0.4) is 0 Å². The van der Waals surface area contributed by atoms with Gasteiger partial charge >= 0.3 is 0 Å². The third-order valence-electron chi connectivity index (χ3n) is 3.31. The minimum atomic E-state index is -0.521. The Bertz CT molecular complexity index is 715. The summed E-state index contributed by atoms with van der Waals surface area (Å²) in [5, 5.41) is 11.8. The van der Waals surface area contributed by atoms with Crippen LogP contribution in [0.25, 0.3) is 0 Å². The molecule has 1 atom stereocenters. The van der Waals surface area contributed by atoms with E-state index in [-0.39, 0.29) is 17.3 Å². The van der Waals surface area contributed by atoms with Crippen LogP contribution in [0.1, 0.15) is 23.5 Å². The molecule has 1 heterocycles. The van der Waals surface area contributed by atoms with Gasteiger partial charge in [0.05, 0.1) is 18.4 Å². The summed E-state index contributed by atoms with van der Waals surface area (Å²) in [7, 11) is 0. The second-order valence-corrected chi connectivity index (χ2v) is 4.95. The molecule has 122 valence electrons. The zero-order chi connectivity index (χ0) is 16.7. The van der Waals surface area contributed by atoms with Gasteiger partial charge in [0.2, 0.25) is 5.95 Å². The van der Waals surface area contributed by atoms with Crippen molar-refractivity contribution in [3.05, 3.63) is 51.8 Å². The molecule has 23 heavy (non-hydrogen) atoms. The zero-order valence-corrected chi connectivity index (χ0v) is 12.5. The number of benzene rings is 1. The molecule has 0 aliphatic carbocycles. The summed E-state index contributed by atoms with van der Waals surface area (Å²) < 4.78 is 5.58. The highest BCUT2D eigenvalue weighted by atomic mass is 16.5. The molecule has 0 aliphatic heterocycles. The van der Waals surface area contributed by atoms with Crippen LogP contribution in [-0.2, 0) is 11.3 Å². The summed E-state index contributed by atoms with van der Waals surface area (Å²) in [6.45, 7) is 0.810. The number of nitrogens with zero attached hydrogens (tertiary/aromatic N) is 2. The van der Waals surface area contributed by atoms with Crippen LogP contribution in [0, 0.1) is 0 Å². The third kappa shape index (κ3) is 4.55. The monoisotopic (exact) mass is 317 g/mol. The van der Waals surface area contributed by atoms with Crippen molar-refractivity contribution >= 4 is 18.0 Å². The molecule has 0 fully saturated rings. The summed E-state index contributed by atoms with van der Waals surface area (Å²) in [5.74, 6) is -0.567. The van der Waals surface area contributed by atoms with E-state index in [9.17, 15) is 4.79 Å². The van der Waals surface area contributed by atoms with Gasteiger partial charge in [-0.2, -0.15) is 4.98 Å². The number of nitrogens with two attached hydrogens (primary N) is 2. The van der Waals surface area contributed by atoms with Gasteiger partial charge in [-0.05, 0) is 12.0 Å². The van der Waals surface area contributed by atoms with E-state index in [0.717, 1.165) is 5.56 Å². The molecule has 2 rings (SSSR count). The van der Waals surface area contributed by atoms with Gasteiger partial charge in [0, 0.05) is 12.5 Å². The molecule has 1 aromatic heterocycles. The highest BCUT2D eigenvalue weighted by Gasteiger charge is 2.18. The fraction of sp³-hybridized carbons (Fsp3) is 0.267. The lowest BCUT2D eigenvalue weighted by molar-refractivity contribution is 0.117. The Balaban J connectivity index is 2.01. The van der Waals surface area contributed by atoms with Crippen LogP contribution < -0.4 is 17.0 Å². The number of H-pyrrole nitrogens is 1. The van der Waals surface area contributed by atoms with Crippen LogP contribution in [0.15, 0.2) is 40.3 Å². The molecule has 0 bridgehead atoms. The Morgan fingerprint density at radius 3 is 2.74 bits per heavy atom. The number of aromatic amines is 1. The van der Waals surface area contributed by atoms with Crippen molar-refractivity contribution in [1.82, 2.24) is 9.97 Å². The number of ether oxygens (including phenoxy) is 1. The Morgan fingerprint density at radius 1 is 1.35 bits per heavy atom. The first-order valence-electron chi connectivity index (χ1n) is 7.06. The summed E-state index contributed by atoms with van der Waals surface area (Å²) >= 11 is 0. The fourth-order valence-corrected chi connectivity index (χ4v) is 2.22. The molecule has 0 amide bonds. The summed E-state index contributed by atoms with van der Waals surface area (Å²) in [4.78, 5) is 18.2. The van der Waals surface area contributed by atoms with Crippen molar-refractivity contribution in [2.24, 2.45) is 5.16 Å². The van der Waals surface area contributed by atoms with Crippen molar-refractivity contribution in [2.45, 2.75) is 18.9 Å². The number of hydrogen-bond acceptors (Lipinski definition) is 7. The van der Waals surface area contributed by atoms with Crippen LogP contribution in [0.2, 0.25) is 0 Å². The van der Waals surface area contributed by atoms with Gasteiger partial charge in [-0.15, -0.1) is 5.16 Å². The highest BCUT2D eigenvalue weighted by molar-refractivity contribution is 5.70. The summed E-state index contributed by atoms with van der Waals surface area (Å²) in [6.07, 6.45) is 1.64. The molecule has 0 saturated heterocycles. The van der Waals surface area contributed by atoms with Gasteiger partial charge in [0.15, 0.2) is 0 Å². The van der Waals surface area contributed by atoms with E-state index in [0.29, 0.717) is 19.6 Å². The number of anilines is 2. The maximum Gasteiger partial charge on any atom is 0.258 e. The van der Waals surface area contributed by atoms with Crippen molar-refractivity contribution in [3.63, 3.8) is 0 Å². The number of rotatable bonds is 7. The maximum absolute atomic E-state index is 12.0. The predicted octanol–water partition coefficient (Wildman–Crippen LogP) is 1.08. The normalized spacial score (nSPS) is 12.5. The lowest BCUT2D eigenvalue weighted by Gasteiger charge is -2.13. The van der Waals surface area contributed by atoms with E-state index in [1.54, 1.807) is 0 Å². The minimum Gasteiger partial charge on any atom is -0.411 e. The Hall–Kier alpha value is -2.87. The SMILES string of the molecule is Nc1nc(N)c(C(/C=N/O)CCOCc2ccccc2)c(=O)[nH]1. The molecule has 2 aromatic rings. The Kier molecular flexibility index (Phi) is 5.70. The molecule has 6 N–H and O–H groups in total. The molecule has 0 radical (unpaired) electrons. The Morgan fingerprint density at radius 2 is 2.09 bits per heavy atom. The molecular formula is C15H19N5O3.